The minimum absolute atomic E-state index is 0.203. The summed E-state index contributed by atoms with van der Waals surface area (Å²) in [5, 5.41) is 5.46. The normalized spacial score (nSPS) is 15.8. The average molecular weight is 439 g/mol. The third-order valence-electron chi connectivity index (χ3n) is 5.07. The van der Waals surface area contributed by atoms with Crippen molar-refractivity contribution in [1.82, 2.24) is 10.6 Å². The number of amides is 2. The first-order valence-electron chi connectivity index (χ1n) is 10.6. The Bertz CT molecular complexity index is 1010. The Morgan fingerprint density at radius 2 is 1.78 bits per heavy atom. The molecule has 3 rings (SSSR count). The van der Waals surface area contributed by atoms with E-state index in [1.165, 1.54) is 5.56 Å². The zero-order chi connectivity index (χ0) is 23.3. The molecule has 2 N–H and O–H groups in total. The summed E-state index contributed by atoms with van der Waals surface area (Å²) in [6.45, 7) is 8.35. The molecule has 0 aliphatic carbocycles. The lowest BCUT2D eigenvalue weighted by Crippen LogP contribution is -2.45. The topological polar surface area (TPSA) is 85.9 Å². The van der Waals surface area contributed by atoms with Gasteiger partial charge in [-0.25, -0.2) is 9.59 Å². The molecule has 1 heterocycles. The van der Waals surface area contributed by atoms with E-state index < -0.39 is 12.0 Å². The lowest BCUT2D eigenvalue weighted by molar-refractivity contribution is -0.140. The Labute approximate surface area is 188 Å². The van der Waals surface area contributed by atoms with Crippen LogP contribution in [0.5, 0.6) is 11.5 Å². The SMILES string of the molecule is COc1cc(C2NC(=O)NC(C)=C2C(=O)OCC(C)C)ccc1OCc1ccc(C)cc1. The third-order valence-corrected chi connectivity index (χ3v) is 5.07. The highest BCUT2D eigenvalue weighted by Crippen LogP contribution is 2.35. The van der Waals surface area contributed by atoms with Crippen molar-refractivity contribution in [3.05, 3.63) is 70.4 Å². The number of methoxy groups -OCH3 is 1. The van der Waals surface area contributed by atoms with E-state index in [9.17, 15) is 9.59 Å². The molecule has 0 bridgehead atoms. The van der Waals surface area contributed by atoms with Gasteiger partial charge in [-0.05, 0) is 43.0 Å². The maximum atomic E-state index is 12.8. The molecule has 7 nitrogen and oxygen atoms in total. The van der Waals surface area contributed by atoms with Crippen molar-refractivity contribution >= 4 is 12.0 Å². The summed E-state index contributed by atoms with van der Waals surface area (Å²) in [6, 6.07) is 12.4. The van der Waals surface area contributed by atoms with E-state index in [2.05, 4.69) is 10.6 Å². The van der Waals surface area contributed by atoms with E-state index in [0.717, 1.165) is 5.56 Å². The van der Waals surface area contributed by atoms with Gasteiger partial charge in [-0.3, -0.25) is 0 Å². The summed E-state index contributed by atoms with van der Waals surface area (Å²) in [4.78, 5) is 24.9. The highest BCUT2D eigenvalue weighted by molar-refractivity contribution is 5.95. The van der Waals surface area contributed by atoms with Crippen molar-refractivity contribution in [1.29, 1.82) is 0 Å². The van der Waals surface area contributed by atoms with E-state index in [0.29, 0.717) is 41.5 Å². The van der Waals surface area contributed by atoms with Crippen LogP contribution in [0, 0.1) is 12.8 Å². The van der Waals surface area contributed by atoms with Gasteiger partial charge in [-0.1, -0.05) is 49.7 Å². The molecule has 0 aromatic heterocycles. The van der Waals surface area contributed by atoms with Crippen LogP contribution in [0.2, 0.25) is 0 Å². The number of ether oxygens (including phenoxy) is 3. The number of hydrogen-bond acceptors (Lipinski definition) is 5. The first kappa shape index (κ1) is 23.2. The Balaban J connectivity index is 1.84. The Kier molecular flexibility index (Phi) is 7.41. The predicted molar refractivity (Wildman–Crippen MR) is 121 cm³/mol. The molecule has 2 aromatic rings. The van der Waals surface area contributed by atoms with Gasteiger partial charge in [0.05, 0.1) is 25.3 Å². The van der Waals surface area contributed by atoms with Gasteiger partial charge in [0, 0.05) is 5.70 Å². The molecule has 1 aliphatic rings. The summed E-state index contributed by atoms with van der Waals surface area (Å²) in [5.74, 6) is 0.818. The van der Waals surface area contributed by atoms with Gasteiger partial charge in [0.15, 0.2) is 11.5 Å². The van der Waals surface area contributed by atoms with Gasteiger partial charge in [-0.15, -0.1) is 0 Å². The fraction of sp³-hybridized carbons (Fsp3) is 0.360. The Hall–Kier alpha value is -3.48. The van der Waals surface area contributed by atoms with Crippen LogP contribution >= 0.6 is 0 Å². The molecule has 0 saturated carbocycles. The molecule has 1 unspecified atom stereocenters. The largest absolute Gasteiger partial charge is 0.493 e. The fourth-order valence-corrected chi connectivity index (χ4v) is 3.36. The van der Waals surface area contributed by atoms with E-state index in [1.54, 1.807) is 26.2 Å². The number of rotatable bonds is 8. The number of esters is 1. The molecule has 0 spiro atoms. The molecule has 2 aromatic carbocycles. The van der Waals surface area contributed by atoms with Crippen LogP contribution in [0.4, 0.5) is 4.79 Å². The summed E-state index contributed by atoms with van der Waals surface area (Å²) in [6.07, 6.45) is 0. The maximum absolute atomic E-state index is 12.8. The van der Waals surface area contributed by atoms with Crippen molar-refractivity contribution in [2.24, 2.45) is 5.92 Å². The predicted octanol–water partition coefficient (Wildman–Crippen LogP) is 4.41. The number of aryl methyl sites for hydroxylation is 1. The number of benzene rings is 2. The molecule has 0 fully saturated rings. The van der Waals surface area contributed by atoms with Gasteiger partial charge < -0.3 is 24.8 Å². The van der Waals surface area contributed by atoms with Gasteiger partial charge in [0.25, 0.3) is 0 Å². The monoisotopic (exact) mass is 438 g/mol. The minimum Gasteiger partial charge on any atom is -0.493 e. The van der Waals surface area contributed by atoms with Gasteiger partial charge in [0.1, 0.15) is 6.61 Å². The zero-order valence-corrected chi connectivity index (χ0v) is 19.2. The van der Waals surface area contributed by atoms with Crippen LogP contribution < -0.4 is 20.1 Å². The second-order valence-corrected chi connectivity index (χ2v) is 8.25. The number of hydrogen-bond donors (Lipinski definition) is 2. The van der Waals surface area contributed by atoms with E-state index in [4.69, 9.17) is 14.2 Å². The van der Waals surface area contributed by atoms with Crippen molar-refractivity contribution in [3.63, 3.8) is 0 Å². The quantitative estimate of drug-likeness (QED) is 0.597. The standard InChI is InChI=1S/C25H30N2O5/c1-15(2)13-32-24(28)22-17(4)26-25(29)27-23(22)19-10-11-20(21(12-19)30-5)31-14-18-8-6-16(3)7-9-18/h6-12,15,23H,13-14H2,1-5H3,(H2,26,27,29). The lowest BCUT2D eigenvalue weighted by Gasteiger charge is -2.28. The molecule has 170 valence electrons. The average Bonchev–Trinajstić information content (AvgIpc) is 2.76. The molecule has 1 aliphatic heterocycles. The molecule has 32 heavy (non-hydrogen) atoms. The summed E-state index contributed by atoms with van der Waals surface area (Å²) in [5.41, 5.74) is 3.74. The zero-order valence-electron chi connectivity index (χ0n) is 19.2. The lowest BCUT2D eigenvalue weighted by atomic mass is 9.95. The molecule has 7 heteroatoms. The first-order valence-corrected chi connectivity index (χ1v) is 10.6. The molecule has 0 saturated heterocycles. The fourth-order valence-electron chi connectivity index (χ4n) is 3.36. The Morgan fingerprint density at radius 3 is 2.44 bits per heavy atom. The van der Waals surface area contributed by atoms with Crippen LogP contribution in [-0.4, -0.2) is 25.7 Å². The van der Waals surface area contributed by atoms with Crippen molar-refractivity contribution in [2.45, 2.75) is 40.3 Å². The maximum Gasteiger partial charge on any atom is 0.338 e. The number of carbonyl (C=O) groups excluding carboxylic acids is 2. The summed E-state index contributed by atoms with van der Waals surface area (Å²) < 4.78 is 16.9. The molecular weight excluding hydrogens is 408 g/mol. The number of urea groups is 1. The number of allylic oxidation sites excluding steroid dienone is 1. The molecule has 1 atom stereocenters. The summed E-state index contributed by atoms with van der Waals surface area (Å²) >= 11 is 0. The van der Waals surface area contributed by atoms with Crippen molar-refractivity contribution in [3.8, 4) is 11.5 Å². The molecule has 0 radical (unpaired) electrons. The Morgan fingerprint density at radius 1 is 1.06 bits per heavy atom. The van der Waals surface area contributed by atoms with Gasteiger partial charge in [-0.2, -0.15) is 0 Å². The smallest absolute Gasteiger partial charge is 0.338 e. The van der Waals surface area contributed by atoms with Gasteiger partial charge in [0.2, 0.25) is 0 Å². The second kappa shape index (κ2) is 10.2. The number of nitrogens with one attached hydrogen (secondary N) is 2. The van der Waals surface area contributed by atoms with Gasteiger partial charge >= 0.3 is 12.0 Å². The second-order valence-electron chi connectivity index (χ2n) is 8.25. The molecule has 2 amide bonds. The highest BCUT2D eigenvalue weighted by atomic mass is 16.5. The highest BCUT2D eigenvalue weighted by Gasteiger charge is 2.32. The van der Waals surface area contributed by atoms with Crippen LogP contribution in [0.3, 0.4) is 0 Å². The van der Waals surface area contributed by atoms with Crippen LogP contribution in [0.15, 0.2) is 53.7 Å². The first-order chi connectivity index (χ1) is 15.3. The van der Waals surface area contributed by atoms with Crippen LogP contribution in [0.25, 0.3) is 0 Å². The van der Waals surface area contributed by atoms with E-state index >= 15 is 0 Å². The summed E-state index contributed by atoms with van der Waals surface area (Å²) in [7, 11) is 1.55. The van der Waals surface area contributed by atoms with Crippen molar-refractivity contribution in [2.75, 3.05) is 13.7 Å². The van der Waals surface area contributed by atoms with E-state index in [1.807, 2.05) is 51.1 Å². The van der Waals surface area contributed by atoms with Crippen LogP contribution in [-0.2, 0) is 16.1 Å². The molecular formula is C25H30N2O5. The van der Waals surface area contributed by atoms with E-state index in [-0.39, 0.29) is 11.9 Å². The number of carbonyl (C=O) groups is 2. The third kappa shape index (κ3) is 5.60. The minimum atomic E-state index is -0.663. The van der Waals surface area contributed by atoms with Crippen LogP contribution in [0.1, 0.15) is 43.5 Å². The van der Waals surface area contributed by atoms with Crippen molar-refractivity contribution < 1.29 is 23.8 Å².